The molecule has 3 aromatic heterocycles. The quantitative estimate of drug-likeness (QED) is 0.396. The molecule has 1 fully saturated rings. The molecule has 1 amide bonds. The van der Waals surface area contributed by atoms with Crippen LogP contribution in [0.5, 0.6) is 0 Å². The van der Waals surface area contributed by atoms with Crippen LogP contribution in [0.1, 0.15) is 30.9 Å². The summed E-state index contributed by atoms with van der Waals surface area (Å²) < 4.78 is 16.9. The van der Waals surface area contributed by atoms with Crippen molar-refractivity contribution in [3.63, 3.8) is 0 Å². The Kier molecular flexibility index (Phi) is 4.82. The molecule has 0 saturated heterocycles. The Morgan fingerprint density at radius 3 is 2.62 bits per heavy atom. The van der Waals surface area contributed by atoms with Gasteiger partial charge in [-0.2, -0.15) is 5.10 Å². The SMILES string of the molecule is Cc1c(N)cncc1-c1cc2cc(NC(=O)[C@@H]3[C@@H](c4cnn(C)c4)C3(C)C)ncc2c(N)c1F. The molecule has 4 aromatic rings. The van der Waals surface area contributed by atoms with Gasteiger partial charge in [-0.05, 0) is 41.0 Å². The molecular formula is C25H26FN7O. The number of carbonyl (C=O) groups is 1. The maximum absolute atomic E-state index is 15.1. The van der Waals surface area contributed by atoms with Crippen molar-refractivity contribution in [1.82, 2.24) is 19.7 Å². The van der Waals surface area contributed by atoms with Gasteiger partial charge >= 0.3 is 0 Å². The van der Waals surface area contributed by atoms with Gasteiger partial charge in [0.2, 0.25) is 5.91 Å². The second-order valence-corrected chi connectivity index (χ2v) is 9.56. The van der Waals surface area contributed by atoms with Crippen LogP contribution in [0.15, 0.2) is 43.1 Å². The Balaban J connectivity index is 1.48. The van der Waals surface area contributed by atoms with Gasteiger partial charge in [0, 0.05) is 48.1 Å². The smallest absolute Gasteiger partial charge is 0.229 e. The predicted molar refractivity (Wildman–Crippen MR) is 130 cm³/mol. The first-order chi connectivity index (χ1) is 16.1. The van der Waals surface area contributed by atoms with E-state index in [4.69, 9.17) is 11.5 Å². The van der Waals surface area contributed by atoms with Crippen molar-refractivity contribution in [2.24, 2.45) is 18.4 Å². The molecule has 5 rings (SSSR count). The lowest BCUT2D eigenvalue weighted by atomic mass is 9.97. The Morgan fingerprint density at radius 1 is 1.15 bits per heavy atom. The lowest BCUT2D eigenvalue weighted by Gasteiger charge is -2.13. The van der Waals surface area contributed by atoms with Gasteiger partial charge in [-0.25, -0.2) is 9.37 Å². The maximum atomic E-state index is 15.1. The first-order valence-electron chi connectivity index (χ1n) is 11.0. The third-order valence-corrected chi connectivity index (χ3v) is 6.99. The van der Waals surface area contributed by atoms with Crippen molar-refractivity contribution in [3.8, 4) is 11.1 Å². The molecule has 1 saturated carbocycles. The van der Waals surface area contributed by atoms with Gasteiger partial charge in [-0.3, -0.25) is 14.5 Å². The third-order valence-electron chi connectivity index (χ3n) is 6.99. The van der Waals surface area contributed by atoms with E-state index in [9.17, 15) is 4.79 Å². The van der Waals surface area contributed by atoms with E-state index in [0.717, 1.165) is 5.56 Å². The molecule has 0 radical (unpaired) electrons. The normalized spacial score (nSPS) is 18.7. The van der Waals surface area contributed by atoms with Crippen molar-refractivity contribution in [2.45, 2.75) is 26.7 Å². The molecule has 174 valence electrons. The number of fused-ring (bicyclic) bond motifs is 1. The number of anilines is 3. The number of nitrogen functional groups attached to an aromatic ring is 2. The Morgan fingerprint density at radius 2 is 1.91 bits per heavy atom. The lowest BCUT2D eigenvalue weighted by molar-refractivity contribution is -0.118. The fourth-order valence-corrected chi connectivity index (χ4v) is 4.93. The van der Waals surface area contributed by atoms with E-state index in [1.165, 1.54) is 12.4 Å². The molecule has 8 nitrogen and oxygen atoms in total. The number of aryl methyl sites for hydroxylation is 1. The van der Waals surface area contributed by atoms with Gasteiger partial charge in [0.1, 0.15) is 5.82 Å². The van der Waals surface area contributed by atoms with E-state index in [1.807, 2.05) is 13.2 Å². The summed E-state index contributed by atoms with van der Waals surface area (Å²) in [5.74, 6) is -0.414. The second kappa shape index (κ2) is 7.51. The molecule has 5 N–H and O–H groups in total. The molecule has 1 aliphatic rings. The average Bonchev–Trinajstić information content (AvgIpc) is 3.12. The number of aromatic nitrogens is 4. The number of rotatable bonds is 4. The standard InChI is InChI=1S/C25H26FN7O/c1-12-16(8-29-10-18(12)27)15-5-13-6-19(30-9-17(13)23(28)22(15)26)32-24(34)21-20(25(21,2)3)14-7-31-33(4)11-14/h5-11,20-21H,27-28H2,1-4H3,(H,30,32,34)/t20-,21+/m1/s1. The average molecular weight is 460 g/mol. The number of hydrogen-bond acceptors (Lipinski definition) is 6. The summed E-state index contributed by atoms with van der Waals surface area (Å²) in [6.45, 7) is 5.95. The molecule has 1 aliphatic carbocycles. The highest BCUT2D eigenvalue weighted by molar-refractivity contribution is 6.01. The molecule has 1 aromatic carbocycles. The summed E-state index contributed by atoms with van der Waals surface area (Å²) >= 11 is 0. The Hall–Kier alpha value is -4.01. The van der Waals surface area contributed by atoms with Crippen molar-refractivity contribution < 1.29 is 9.18 Å². The van der Waals surface area contributed by atoms with Crippen LogP contribution in [-0.4, -0.2) is 25.7 Å². The minimum absolute atomic E-state index is 0.0142. The van der Waals surface area contributed by atoms with Crippen LogP contribution in [0.2, 0.25) is 0 Å². The van der Waals surface area contributed by atoms with Crippen LogP contribution in [0.3, 0.4) is 0 Å². The zero-order valence-corrected chi connectivity index (χ0v) is 19.4. The molecule has 2 atom stereocenters. The van der Waals surface area contributed by atoms with Crippen molar-refractivity contribution in [2.75, 3.05) is 16.8 Å². The van der Waals surface area contributed by atoms with Crippen LogP contribution in [-0.2, 0) is 11.8 Å². The lowest BCUT2D eigenvalue weighted by Crippen LogP contribution is -2.17. The topological polar surface area (TPSA) is 125 Å². The second-order valence-electron chi connectivity index (χ2n) is 9.56. The fraction of sp³-hybridized carbons (Fsp3) is 0.280. The fourth-order valence-electron chi connectivity index (χ4n) is 4.93. The summed E-state index contributed by atoms with van der Waals surface area (Å²) in [7, 11) is 1.86. The van der Waals surface area contributed by atoms with E-state index in [0.29, 0.717) is 39.0 Å². The number of hydrogen-bond donors (Lipinski definition) is 3. The van der Waals surface area contributed by atoms with E-state index in [1.54, 1.807) is 36.1 Å². The zero-order chi connectivity index (χ0) is 24.4. The highest BCUT2D eigenvalue weighted by Gasteiger charge is 2.62. The summed E-state index contributed by atoms with van der Waals surface area (Å²) in [5, 5.41) is 8.28. The van der Waals surface area contributed by atoms with Gasteiger partial charge < -0.3 is 16.8 Å². The van der Waals surface area contributed by atoms with E-state index in [-0.39, 0.29) is 28.8 Å². The molecule has 3 heterocycles. The molecule has 34 heavy (non-hydrogen) atoms. The van der Waals surface area contributed by atoms with Crippen LogP contribution < -0.4 is 16.8 Å². The summed E-state index contributed by atoms with van der Waals surface area (Å²) in [6, 6.07) is 3.39. The van der Waals surface area contributed by atoms with Gasteiger partial charge in [-0.15, -0.1) is 0 Å². The largest absolute Gasteiger partial charge is 0.397 e. The van der Waals surface area contributed by atoms with Gasteiger partial charge in [-0.1, -0.05) is 13.8 Å². The van der Waals surface area contributed by atoms with Crippen LogP contribution >= 0.6 is 0 Å². The molecule has 0 aliphatic heterocycles. The number of benzene rings is 1. The monoisotopic (exact) mass is 459 g/mol. The van der Waals surface area contributed by atoms with Gasteiger partial charge in [0.15, 0.2) is 5.82 Å². The molecule has 9 heteroatoms. The zero-order valence-electron chi connectivity index (χ0n) is 19.4. The number of amides is 1. The maximum Gasteiger partial charge on any atom is 0.229 e. The predicted octanol–water partition coefficient (Wildman–Crippen LogP) is 4.02. The number of nitrogens with zero attached hydrogens (tertiary/aromatic N) is 4. The Bertz CT molecular complexity index is 1460. The van der Waals surface area contributed by atoms with Crippen LogP contribution in [0.25, 0.3) is 21.9 Å². The Labute approximate surface area is 196 Å². The highest BCUT2D eigenvalue weighted by atomic mass is 19.1. The molecule has 0 spiro atoms. The summed E-state index contributed by atoms with van der Waals surface area (Å²) in [5.41, 5.74) is 15.0. The van der Waals surface area contributed by atoms with Gasteiger partial charge in [0.25, 0.3) is 0 Å². The third kappa shape index (κ3) is 3.35. The number of nitrogens with two attached hydrogens (primary N) is 2. The van der Waals surface area contributed by atoms with Crippen molar-refractivity contribution in [1.29, 1.82) is 0 Å². The van der Waals surface area contributed by atoms with Crippen LogP contribution in [0.4, 0.5) is 21.6 Å². The summed E-state index contributed by atoms with van der Waals surface area (Å²) in [6.07, 6.45) is 8.32. The number of carbonyl (C=O) groups excluding carboxylic acids is 1. The van der Waals surface area contributed by atoms with Crippen molar-refractivity contribution in [3.05, 3.63) is 60.1 Å². The number of pyridine rings is 2. The van der Waals surface area contributed by atoms with Gasteiger partial charge in [0.05, 0.1) is 29.7 Å². The minimum Gasteiger partial charge on any atom is -0.397 e. The first kappa shape index (κ1) is 21.8. The number of halogens is 1. The molecule has 0 unspecified atom stereocenters. The molecular weight excluding hydrogens is 433 g/mol. The summed E-state index contributed by atoms with van der Waals surface area (Å²) in [4.78, 5) is 21.5. The van der Waals surface area contributed by atoms with E-state index in [2.05, 4.69) is 34.2 Å². The molecule has 0 bridgehead atoms. The first-order valence-corrected chi connectivity index (χ1v) is 11.0. The highest BCUT2D eigenvalue weighted by Crippen LogP contribution is 2.64. The number of nitrogens with one attached hydrogen (secondary N) is 1. The van der Waals surface area contributed by atoms with Crippen molar-refractivity contribution >= 4 is 33.9 Å². The minimum atomic E-state index is -0.555. The van der Waals surface area contributed by atoms with E-state index < -0.39 is 5.82 Å². The van der Waals surface area contributed by atoms with Crippen LogP contribution in [0, 0.1) is 24.1 Å². The van der Waals surface area contributed by atoms with E-state index >= 15 is 4.39 Å².